The van der Waals surface area contributed by atoms with E-state index in [1.807, 2.05) is 0 Å². The topological polar surface area (TPSA) is 82.6 Å². The van der Waals surface area contributed by atoms with E-state index in [-0.39, 0.29) is 12.6 Å². The summed E-state index contributed by atoms with van der Waals surface area (Å²) in [6, 6.07) is 0. The van der Waals surface area contributed by atoms with Gasteiger partial charge in [-0.2, -0.15) is 0 Å². The van der Waals surface area contributed by atoms with Crippen molar-refractivity contribution in [3.05, 3.63) is 0 Å². The van der Waals surface area contributed by atoms with Gasteiger partial charge in [0.05, 0.1) is 19.8 Å². The third kappa shape index (κ3) is 5.63. The van der Waals surface area contributed by atoms with Crippen LogP contribution in [0.25, 0.3) is 0 Å². The Kier molecular flexibility index (Phi) is 5.50. The molecule has 5 nitrogen and oxygen atoms in total. The highest BCUT2D eigenvalue weighted by atomic mass is 16.5. The standard InChI is InChI=1S/C6H15N3O2/c1-9(6(7)8)2-4-11-5-3-10/h10H,2-5H2,1H3,(H3,7,8). The van der Waals surface area contributed by atoms with Gasteiger partial charge in [0.2, 0.25) is 0 Å². The molecule has 0 aliphatic carbocycles. The summed E-state index contributed by atoms with van der Waals surface area (Å²) in [7, 11) is 1.71. The first-order valence-electron chi connectivity index (χ1n) is 3.42. The number of nitrogens with two attached hydrogens (primary N) is 1. The van der Waals surface area contributed by atoms with E-state index in [1.165, 1.54) is 0 Å². The monoisotopic (exact) mass is 161 g/mol. The second-order valence-electron chi connectivity index (χ2n) is 2.14. The zero-order valence-corrected chi connectivity index (χ0v) is 6.71. The van der Waals surface area contributed by atoms with Crippen LogP contribution in [0.2, 0.25) is 0 Å². The molecule has 0 aliphatic rings. The lowest BCUT2D eigenvalue weighted by Gasteiger charge is -2.15. The van der Waals surface area contributed by atoms with Gasteiger partial charge < -0.3 is 20.5 Å². The second-order valence-corrected chi connectivity index (χ2v) is 2.14. The van der Waals surface area contributed by atoms with E-state index in [4.69, 9.17) is 21.0 Å². The molecule has 66 valence electrons. The Morgan fingerprint density at radius 2 is 2.27 bits per heavy atom. The van der Waals surface area contributed by atoms with Gasteiger partial charge >= 0.3 is 0 Å². The Morgan fingerprint density at radius 1 is 1.64 bits per heavy atom. The molecular weight excluding hydrogens is 146 g/mol. The van der Waals surface area contributed by atoms with Gasteiger partial charge in [-0.15, -0.1) is 0 Å². The minimum Gasteiger partial charge on any atom is -0.394 e. The van der Waals surface area contributed by atoms with Gasteiger partial charge in [-0.25, -0.2) is 0 Å². The molecule has 0 rings (SSSR count). The third-order valence-corrected chi connectivity index (χ3v) is 1.22. The maximum atomic E-state index is 8.34. The Bertz CT molecular complexity index is 118. The summed E-state index contributed by atoms with van der Waals surface area (Å²) in [6.45, 7) is 1.43. The Hall–Kier alpha value is -0.810. The van der Waals surface area contributed by atoms with Crippen molar-refractivity contribution < 1.29 is 9.84 Å². The first-order chi connectivity index (χ1) is 5.18. The summed E-state index contributed by atoms with van der Waals surface area (Å²) < 4.78 is 4.96. The molecule has 4 N–H and O–H groups in total. The summed E-state index contributed by atoms with van der Waals surface area (Å²) in [4.78, 5) is 1.57. The van der Waals surface area contributed by atoms with Gasteiger partial charge in [-0.05, 0) is 0 Å². The summed E-state index contributed by atoms with van der Waals surface area (Å²) in [5.74, 6) is 0.0256. The normalized spacial score (nSPS) is 9.64. The van der Waals surface area contributed by atoms with Crippen LogP contribution in [0.4, 0.5) is 0 Å². The third-order valence-electron chi connectivity index (χ3n) is 1.22. The number of nitrogens with one attached hydrogen (secondary N) is 1. The number of ether oxygens (including phenoxy) is 1. The highest BCUT2D eigenvalue weighted by molar-refractivity contribution is 5.74. The lowest BCUT2D eigenvalue weighted by molar-refractivity contribution is 0.0863. The molecular formula is C6H15N3O2. The van der Waals surface area contributed by atoms with E-state index in [0.717, 1.165) is 0 Å². The number of aliphatic hydroxyl groups excluding tert-OH is 1. The summed E-state index contributed by atoms with van der Waals surface area (Å²) >= 11 is 0. The maximum Gasteiger partial charge on any atom is 0.188 e. The number of aliphatic hydroxyl groups is 1. The van der Waals surface area contributed by atoms with Crippen molar-refractivity contribution in [1.82, 2.24) is 4.90 Å². The van der Waals surface area contributed by atoms with Crippen LogP contribution in [-0.2, 0) is 4.74 Å². The summed E-state index contributed by atoms with van der Waals surface area (Å²) in [5.41, 5.74) is 5.15. The molecule has 0 atom stereocenters. The van der Waals surface area contributed by atoms with Gasteiger partial charge in [0, 0.05) is 13.6 Å². The minimum atomic E-state index is 0.0256. The second kappa shape index (κ2) is 5.94. The molecule has 0 aromatic carbocycles. The number of guanidine groups is 1. The van der Waals surface area contributed by atoms with Crippen molar-refractivity contribution in [3.8, 4) is 0 Å². The molecule has 0 spiro atoms. The molecule has 0 saturated heterocycles. The number of hydrogen-bond acceptors (Lipinski definition) is 3. The van der Waals surface area contributed by atoms with E-state index in [0.29, 0.717) is 19.8 Å². The fraction of sp³-hybridized carbons (Fsp3) is 0.833. The van der Waals surface area contributed by atoms with Gasteiger partial charge in [0.15, 0.2) is 5.96 Å². The van der Waals surface area contributed by atoms with Crippen molar-refractivity contribution in [3.63, 3.8) is 0 Å². The molecule has 0 heterocycles. The maximum absolute atomic E-state index is 8.34. The van der Waals surface area contributed by atoms with Crippen molar-refractivity contribution in [2.75, 3.05) is 33.4 Å². The molecule has 0 saturated carbocycles. The number of likely N-dealkylation sites (N-methyl/N-ethyl adjacent to an activating group) is 1. The molecule has 0 aliphatic heterocycles. The minimum absolute atomic E-state index is 0.0256. The first kappa shape index (κ1) is 10.2. The van der Waals surface area contributed by atoms with Crippen LogP contribution in [0.3, 0.4) is 0 Å². The van der Waals surface area contributed by atoms with E-state index in [2.05, 4.69) is 0 Å². The van der Waals surface area contributed by atoms with Gasteiger partial charge in [-0.1, -0.05) is 0 Å². The zero-order valence-electron chi connectivity index (χ0n) is 6.71. The van der Waals surface area contributed by atoms with Gasteiger partial charge in [0.1, 0.15) is 0 Å². The average molecular weight is 161 g/mol. The van der Waals surface area contributed by atoms with Crippen LogP contribution in [0.1, 0.15) is 0 Å². The fourth-order valence-electron chi connectivity index (χ4n) is 0.489. The molecule has 0 aromatic rings. The van der Waals surface area contributed by atoms with E-state index in [1.54, 1.807) is 11.9 Å². The zero-order chi connectivity index (χ0) is 8.69. The molecule has 0 amide bonds. The number of hydrogen-bond donors (Lipinski definition) is 3. The van der Waals surface area contributed by atoms with Crippen LogP contribution < -0.4 is 5.73 Å². The largest absolute Gasteiger partial charge is 0.394 e. The molecule has 0 unspecified atom stereocenters. The number of rotatable bonds is 5. The molecule has 5 heteroatoms. The van der Waals surface area contributed by atoms with Crippen LogP contribution in [-0.4, -0.2) is 49.4 Å². The van der Waals surface area contributed by atoms with Gasteiger partial charge in [-0.3, -0.25) is 5.41 Å². The van der Waals surface area contributed by atoms with Crippen molar-refractivity contribution in [2.45, 2.75) is 0 Å². The molecule has 11 heavy (non-hydrogen) atoms. The lowest BCUT2D eigenvalue weighted by Crippen LogP contribution is -2.35. The number of nitrogens with zero attached hydrogens (tertiary/aromatic N) is 1. The van der Waals surface area contributed by atoms with E-state index >= 15 is 0 Å². The van der Waals surface area contributed by atoms with Crippen LogP contribution in [0.5, 0.6) is 0 Å². The van der Waals surface area contributed by atoms with Crippen LogP contribution >= 0.6 is 0 Å². The predicted octanol–water partition coefficient (Wildman–Crippen LogP) is -1.18. The highest BCUT2D eigenvalue weighted by Crippen LogP contribution is 1.80. The molecule has 0 aromatic heterocycles. The molecule has 0 fully saturated rings. The fourth-order valence-corrected chi connectivity index (χ4v) is 0.489. The Balaban J connectivity index is 3.17. The quantitative estimate of drug-likeness (QED) is 0.269. The lowest BCUT2D eigenvalue weighted by atomic mass is 10.6. The van der Waals surface area contributed by atoms with E-state index < -0.39 is 0 Å². The average Bonchev–Trinajstić information content (AvgIpc) is 1.97. The smallest absolute Gasteiger partial charge is 0.188 e. The highest BCUT2D eigenvalue weighted by Gasteiger charge is 1.97. The van der Waals surface area contributed by atoms with Crippen molar-refractivity contribution in [2.24, 2.45) is 5.73 Å². The molecule has 0 radical (unpaired) electrons. The van der Waals surface area contributed by atoms with Gasteiger partial charge in [0.25, 0.3) is 0 Å². The van der Waals surface area contributed by atoms with Crippen molar-refractivity contribution >= 4 is 5.96 Å². The predicted molar refractivity (Wildman–Crippen MR) is 42.4 cm³/mol. The SMILES string of the molecule is CN(CCOCCO)C(=N)N. The van der Waals surface area contributed by atoms with Crippen molar-refractivity contribution in [1.29, 1.82) is 5.41 Å². The first-order valence-corrected chi connectivity index (χ1v) is 3.42. The van der Waals surface area contributed by atoms with Crippen LogP contribution in [0.15, 0.2) is 0 Å². The Morgan fingerprint density at radius 3 is 2.73 bits per heavy atom. The Labute approximate surface area is 66.3 Å². The summed E-state index contributed by atoms with van der Waals surface area (Å²) in [5, 5.41) is 15.3. The summed E-state index contributed by atoms with van der Waals surface area (Å²) in [6.07, 6.45) is 0. The van der Waals surface area contributed by atoms with Crippen LogP contribution in [0, 0.1) is 5.41 Å². The molecule has 0 bridgehead atoms. The van der Waals surface area contributed by atoms with E-state index in [9.17, 15) is 0 Å².